The van der Waals surface area contributed by atoms with Gasteiger partial charge in [-0.2, -0.15) is 0 Å². The average molecular weight is 403 g/mol. The van der Waals surface area contributed by atoms with Crippen molar-refractivity contribution in [1.82, 2.24) is 0 Å². The summed E-state index contributed by atoms with van der Waals surface area (Å²) in [5.74, 6) is -1.34. The first-order chi connectivity index (χ1) is 10.7. The van der Waals surface area contributed by atoms with Crippen LogP contribution in [0.5, 0.6) is 5.75 Å². The summed E-state index contributed by atoms with van der Waals surface area (Å²) >= 11 is 3.20. The smallest absolute Gasteiger partial charge is 0.261 e. The molecule has 0 aliphatic heterocycles. The predicted octanol–water partition coefficient (Wildman–Crippen LogP) is 2.50. The van der Waals surface area contributed by atoms with E-state index < -0.39 is 27.3 Å². The number of amides is 1. The first-order valence-electron chi connectivity index (χ1n) is 6.20. The Balaban J connectivity index is 2.37. The van der Waals surface area contributed by atoms with E-state index in [2.05, 4.69) is 20.7 Å². The molecule has 0 unspecified atom stereocenters. The van der Waals surface area contributed by atoms with Crippen LogP contribution < -0.4 is 15.2 Å². The van der Waals surface area contributed by atoms with Crippen molar-refractivity contribution in [2.75, 3.05) is 11.8 Å². The zero-order chi connectivity index (χ0) is 17.2. The van der Waals surface area contributed by atoms with E-state index in [1.807, 2.05) is 0 Å². The van der Waals surface area contributed by atoms with Crippen molar-refractivity contribution < 1.29 is 22.3 Å². The SMILES string of the molecule is COc1ccc(S(=O)(=O)Nc2ccc(F)c(C(N)=O)c2)cc1Br. The summed E-state index contributed by atoms with van der Waals surface area (Å²) in [6, 6.07) is 7.38. The van der Waals surface area contributed by atoms with Crippen LogP contribution in [0.3, 0.4) is 0 Å². The van der Waals surface area contributed by atoms with Gasteiger partial charge in [0.1, 0.15) is 11.6 Å². The van der Waals surface area contributed by atoms with Gasteiger partial charge >= 0.3 is 0 Å². The van der Waals surface area contributed by atoms with Crippen LogP contribution >= 0.6 is 15.9 Å². The number of methoxy groups -OCH3 is 1. The highest BCUT2D eigenvalue weighted by Crippen LogP contribution is 2.28. The second-order valence-electron chi connectivity index (χ2n) is 4.46. The molecule has 122 valence electrons. The van der Waals surface area contributed by atoms with Crippen LogP contribution in [0.4, 0.5) is 10.1 Å². The number of hydrogen-bond donors (Lipinski definition) is 2. The molecule has 0 aliphatic carbocycles. The van der Waals surface area contributed by atoms with Crippen molar-refractivity contribution in [3.63, 3.8) is 0 Å². The van der Waals surface area contributed by atoms with E-state index >= 15 is 0 Å². The topological polar surface area (TPSA) is 98.5 Å². The Bertz CT molecular complexity index is 871. The second kappa shape index (κ2) is 6.55. The number of carbonyl (C=O) groups excluding carboxylic acids is 1. The average Bonchev–Trinajstić information content (AvgIpc) is 2.48. The van der Waals surface area contributed by atoms with Crippen LogP contribution in [-0.2, 0) is 10.0 Å². The molecule has 0 spiro atoms. The molecule has 2 aromatic carbocycles. The van der Waals surface area contributed by atoms with Crippen LogP contribution in [0.25, 0.3) is 0 Å². The molecule has 0 saturated carbocycles. The number of halogens is 2. The van der Waals surface area contributed by atoms with Crippen LogP contribution in [0.2, 0.25) is 0 Å². The molecule has 0 aliphatic rings. The first-order valence-corrected chi connectivity index (χ1v) is 8.48. The van der Waals surface area contributed by atoms with E-state index in [9.17, 15) is 17.6 Å². The minimum Gasteiger partial charge on any atom is -0.496 e. The van der Waals surface area contributed by atoms with Crippen LogP contribution in [0, 0.1) is 5.82 Å². The third kappa shape index (κ3) is 3.80. The van der Waals surface area contributed by atoms with Gasteiger partial charge in [-0.1, -0.05) is 0 Å². The van der Waals surface area contributed by atoms with Crippen molar-refractivity contribution in [3.8, 4) is 5.75 Å². The van der Waals surface area contributed by atoms with Gasteiger partial charge in [-0.25, -0.2) is 12.8 Å². The lowest BCUT2D eigenvalue weighted by atomic mass is 10.2. The molecule has 0 bridgehead atoms. The lowest BCUT2D eigenvalue weighted by Crippen LogP contribution is -2.16. The Morgan fingerprint density at radius 1 is 1.26 bits per heavy atom. The number of rotatable bonds is 5. The molecule has 0 aromatic heterocycles. The van der Waals surface area contributed by atoms with Gasteiger partial charge in [0.25, 0.3) is 15.9 Å². The molecule has 9 heteroatoms. The van der Waals surface area contributed by atoms with Gasteiger partial charge < -0.3 is 10.5 Å². The lowest BCUT2D eigenvalue weighted by molar-refractivity contribution is 0.0996. The number of primary amides is 1. The van der Waals surface area contributed by atoms with Gasteiger partial charge in [0, 0.05) is 5.69 Å². The van der Waals surface area contributed by atoms with E-state index in [0.717, 1.165) is 12.1 Å². The fourth-order valence-corrected chi connectivity index (χ4v) is 3.57. The normalized spacial score (nSPS) is 11.1. The fraction of sp³-hybridized carbons (Fsp3) is 0.0714. The molecule has 2 rings (SSSR count). The van der Waals surface area contributed by atoms with Crippen molar-refractivity contribution in [2.45, 2.75) is 4.90 Å². The summed E-state index contributed by atoms with van der Waals surface area (Å²) < 4.78 is 45.8. The summed E-state index contributed by atoms with van der Waals surface area (Å²) in [4.78, 5) is 11.1. The Hall–Kier alpha value is -2.13. The molecule has 1 amide bonds. The van der Waals surface area contributed by atoms with Gasteiger partial charge in [-0.3, -0.25) is 9.52 Å². The molecule has 0 radical (unpaired) electrons. The highest BCUT2D eigenvalue weighted by atomic mass is 79.9. The second-order valence-corrected chi connectivity index (χ2v) is 7.00. The Kier molecular flexibility index (Phi) is 4.90. The number of nitrogens with one attached hydrogen (secondary N) is 1. The minimum absolute atomic E-state index is 0.0205. The lowest BCUT2D eigenvalue weighted by Gasteiger charge is -2.11. The van der Waals surface area contributed by atoms with Gasteiger partial charge in [0.15, 0.2) is 0 Å². The highest BCUT2D eigenvalue weighted by molar-refractivity contribution is 9.10. The summed E-state index contributed by atoms with van der Waals surface area (Å²) in [7, 11) is -2.47. The van der Waals surface area contributed by atoms with Gasteiger partial charge in [-0.15, -0.1) is 0 Å². The Morgan fingerprint density at radius 3 is 2.52 bits per heavy atom. The monoisotopic (exact) mass is 402 g/mol. The van der Waals surface area contributed by atoms with Crippen molar-refractivity contribution in [2.24, 2.45) is 5.73 Å². The maximum atomic E-state index is 13.4. The van der Waals surface area contributed by atoms with E-state index in [1.54, 1.807) is 0 Å². The number of nitrogens with two attached hydrogens (primary N) is 1. The highest BCUT2D eigenvalue weighted by Gasteiger charge is 2.17. The van der Waals surface area contributed by atoms with Gasteiger partial charge in [0.2, 0.25) is 0 Å². The Morgan fingerprint density at radius 2 is 1.96 bits per heavy atom. The Labute approximate surface area is 140 Å². The zero-order valence-corrected chi connectivity index (χ0v) is 14.2. The molecular weight excluding hydrogens is 391 g/mol. The van der Waals surface area contributed by atoms with Crippen LogP contribution in [-0.4, -0.2) is 21.4 Å². The number of hydrogen-bond acceptors (Lipinski definition) is 4. The molecule has 23 heavy (non-hydrogen) atoms. The van der Waals surface area contributed by atoms with Crippen molar-refractivity contribution >= 4 is 37.5 Å². The fourth-order valence-electron chi connectivity index (χ4n) is 1.81. The number of benzene rings is 2. The van der Waals surface area contributed by atoms with Gasteiger partial charge in [-0.05, 0) is 52.3 Å². The summed E-state index contributed by atoms with van der Waals surface area (Å²) in [5.41, 5.74) is 4.65. The molecule has 3 N–H and O–H groups in total. The van der Waals surface area contributed by atoms with Crippen molar-refractivity contribution in [1.29, 1.82) is 0 Å². The summed E-state index contributed by atoms with van der Waals surface area (Å²) in [6.45, 7) is 0. The molecule has 6 nitrogen and oxygen atoms in total. The number of carbonyl (C=O) groups is 1. The third-order valence-electron chi connectivity index (χ3n) is 2.92. The molecule has 2 aromatic rings. The maximum absolute atomic E-state index is 13.4. The van der Waals surface area contributed by atoms with E-state index in [0.29, 0.717) is 10.2 Å². The molecule has 0 fully saturated rings. The van der Waals surface area contributed by atoms with E-state index in [1.165, 1.54) is 31.4 Å². The molecule has 0 atom stereocenters. The number of anilines is 1. The zero-order valence-electron chi connectivity index (χ0n) is 11.8. The van der Waals surface area contributed by atoms with E-state index in [-0.39, 0.29) is 10.6 Å². The molecule has 0 saturated heterocycles. The number of ether oxygens (including phenoxy) is 1. The predicted molar refractivity (Wildman–Crippen MR) is 86.4 cm³/mol. The summed E-state index contributed by atoms with van der Waals surface area (Å²) in [5, 5.41) is 0. The van der Waals surface area contributed by atoms with Crippen LogP contribution in [0.1, 0.15) is 10.4 Å². The summed E-state index contributed by atoms with van der Waals surface area (Å²) in [6.07, 6.45) is 0. The van der Waals surface area contributed by atoms with Crippen LogP contribution in [0.15, 0.2) is 45.8 Å². The van der Waals surface area contributed by atoms with Gasteiger partial charge in [0.05, 0.1) is 22.0 Å². The maximum Gasteiger partial charge on any atom is 0.261 e. The number of sulfonamides is 1. The quantitative estimate of drug-likeness (QED) is 0.802. The largest absolute Gasteiger partial charge is 0.496 e. The van der Waals surface area contributed by atoms with Crippen molar-refractivity contribution in [3.05, 3.63) is 52.3 Å². The molecular formula is C14H12BrFN2O4S. The molecule has 0 heterocycles. The first kappa shape index (κ1) is 17.2. The third-order valence-corrected chi connectivity index (χ3v) is 4.92. The van der Waals surface area contributed by atoms with E-state index in [4.69, 9.17) is 10.5 Å². The standard InChI is InChI=1S/C14H12BrFN2O4S/c1-22-13-5-3-9(7-11(13)15)23(20,21)18-8-2-4-12(16)10(6-8)14(17)19/h2-7,18H,1H3,(H2,17,19). The minimum atomic E-state index is -3.93.